The van der Waals surface area contributed by atoms with Gasteiger partial charge in [0.05, 0.1) is 5.92 Å². The van der Waals surface area contributed by atoms with Gasteiger partial charge in [-0.2, -0.15) is 8.78 Å². The van der Waals surface area contributed by atoms with Crippen LogP contribution in [-0.4, -0.2) is 6.11 Å². The topological polar surface area (TPSA) is 9.23 Å². The molecule has 6 rings (SSSR count). The van der Waals surface area contributed by atoms with Crippen LogP contribution < -0.4 is 4.74 Å². The van der Waals surface area contributed by atoms with E-state index >= 15 is 8.78 Å². The number of hydrogen-bond donors (Lipinski definition) is 0. The summed E-state index contributed by atoms with van der Waals surface area (Å²) in [6.45, 7) is 2.16. The van der Waals surface area contributed by atoms with E-state index in [2.05, 4.69) is 6.92 Å². The Morgan fingerprint density at radius 3 is 1.27 bits per heavy atom. The van der Waals surface area contributed by atoms with Gasteiger partial charge in [-0.15, -0.1) is 0 Å². The summed E-state index contributed by atoms with van der Waals surface area (Å²) in [7, 11) is 0. The number of hydrogen-bond acceptors (Lipinski definition) is 1. The summed E-state index contributed by atoms with van der Waals surface area (Å²) in [5.41, 5.74) is -3.24. The predicted octanol–water partition coefficient (Wildman–Crippen LogP) is 13.3. The van der Waals surface area contributed by atoms with E-state index in [1.54, 1.807) is 0 Å². The van der Waals surface area contributed by atoms with Crippen LogP contribution in [0.3, 0.4) is 0 Å². The van der Waals surface area contributed by atoms with Crippen molar-refractivity contribution < 1.29 is 53.0 Å². The molecule has 0 atom stereocenters. The van der Waals surface area contributed by atoms with Crippen LogP contribution in [0.15, 0.2) is 48.5 Å². The molecule has 278 valence electrons. The summed E-state index contributed by atoms with van der Waals surface area (Å²) in [5.74, 6) is -16.6. The highest BCUT2D eigenvalue weighted by Crippen LogP contribution is 2.49. The summed E-state index contributed by atoms with van der Waals surface area (Å²) < 4.78 is 167. The first-order valence-corrected chi connectivity index (χ1v) is 17.4. The van der Waals surface area contributed by atoms with Crippen LogP contribution in [-0.2, 0) is 0 Å². The van der Waals surface area contributed by atoms with Crippen LogP contribution in [0.4, 0.5) is 48.3 Å². The Morgan fingerprint density at radius 1 is 0.519 bits per heavy atom. The van der Waals surface area contributed by atoms with Gasteiger partial charge in [0.15, 0.2) is 52.4 Å². The molecule has 2 saturated carbocycles. The van der Waals surface area contributed by atoms with Gasteiger partial charge in [-0.1, -0.05) is 32.6 Å². The number of halogens is 11. The second-order valence-corrected chi connectivity index (χ2v) is 14.0. The molecule has 2 fully saturated rings. The number of benzene rings is 4. The Labute approximate surface area is 293 Å². The van der Waals surface area contributed by atoms with E-state index in [4.69, 9.17) is 4.74 Å². The average Bonchev–Trinajstić information content (AvgIpc) is 3.11. The number of ether oxygens (including phenoxy) is 1. The largest absolute Gasteiger partial charge is 0.432 e. The van der Waals surface area contributed by atoms with Crippen molar-refractivity contribution in [1.29, 1.82) is 0 Å². The third-order valence-corrected chi connectivity index (χ3v) is 10.7. The summed E-state index contributed by atoms with van der Waals surface area (Å²) in [4.78, 5) is 0. The summed E-state index contributed by atoms with van der Waals surface area (Å²) in [6, 6.07) is 4.44. The molecule has 0 aromatic heterocycles. The van der Waals surface area contributed by atoms with Crippen molar-refractivity contribution in [3.05, 3.63) is 101 Å². The molecule has 0 spiro atoms. The van der Waals surface area contributed by atoms with Crippen LogP contribution in [0.1, 0.15) is 71.1 Å². The molecule has 0 heterocycles. The van der Waals surface area contributed by atoms with Crippen molar-refractivity contribution in [3.8, 4) is 39.1 Å². The molecule has 4 aromatic carbocycles. The monoisotopic (exact) mass is 740 g/mol. The van der Waals surface area contributed by atoms with Crippen LogP contribution in [0.2, 0.25) is 0 Å². The van der Waals surface area contributed by atoms with Gasteiger partial charge in [0, 0.05) is 0 Å². The van der Waals surface area contributed by atoms with E-state index in [9.17, 15) is 39.5 Å². The molecule has 0 N–H and O–H groups in total. The maximum atomic E-state index is 16.0. The molecule has 52 heavy (non-hydrogen) atoms. The lowest BCUT2D eigenvalue weighted by Crippen LogP contribution is -2.38. The minimum Gasteiger partial charge on any atom is -0.432 e. The Kier molecular flexibility index (Phi) is 10.9. The van der Waals surface area contributed by atoms with Crippen LogP contribution in [0, 0.1) is 76.0 Å². The molecule has 0 aliphatic heterocycles. The number of alkyl halides is 2. The second kappa shape index (κ2) is 15.1. The molecule has 0 amide bonds. The predicted molar refractivity (Wildman–Crippen MR) is 174 cm³/mol. The normalized spacial score (nSPS) is 21.0. The van der Waals surface area contributed by atoms with E-state index in [-0.39, 0.29) is 18.8 Å². The van der Waals surface area contributed by atoms with Gasteiger partial charge in [0.2, 0.25) is 0 Å². The fourth-order valence-electron chi connectivity index (χ4n) is 8.09. The molecule has 0 radical (unpaired) electrons. The zero-order valence-corrected chi connectivity index (χ0v) is 28.1. The van der Waals surface area contributed by atoms with Gasteiger partial charge in [0.1, 0.15) is 5.75 Å². The van der Waals surface area contributed by atoms with Gasteiger partial charge < -0.3 is 4.74 Å². The second-order valence-electron chi connectivity index (χ2n) is 14.0. The van der Waals surface area contributed by atoms with E-state index in [0.29, 0.717) is 61.1 Å². The zero-order valence-electron chi connectivity index (χ0n) is 28.1. The Bertz CT molecular complexity index is 1790. The SMILES string of the molecule is CCCC1CCC(C2CCC(C(F)(F)Oc3cc(-c4cc(F)c(F)c(F)c4)c(-c4cc(F)c(F)c(F)c4)c(-c4cc(F)c(F)c(F)c4)c3)CC2)CC1. The maximum Gasteiger partial charge on any atom is 0.400 e. The van der Waals surface area contributed by atoms with Crippen LogP contribution in [0.25, 0.3) is 33.4 Å². The minimum absolute atomic E-state index is 0.126. The van der Waals surface area contributed by atoms with Crippen molar-refractivity contribution in [2.75, 3.05) is 0 Å². The van der Waals surface area contributed by atoms with E-state index in [1.807, 2.05) is 0 Å². The molecule has 0 saturated heterocycles. The standard InChI is InChI=1S/C40H35F11O/c1-2-3-20-4-6-21(7-5-20)22-8-10-26(11-9-22)40(50,51)52-27-18-28(23-12-30(41)37(47)31(42)13-23)36(25-16-34(45)39(49)35(46)17-25)29(19-27)24-14-32(43)38(48)33(44)15-24/h12-22,26H,2-11H2,1H3. The van der Waals surface area contributed by atoms with E-state index < -0.39 is 104 Å². The molecule has 2 aliphatic rings. The highest BCUT2D eigenvalue weighted by molar-refractivity contribution is 5.95. The third-order valence-electron chi connectivity index (χ3n) is 10.7. The zero-order chi connectivity index (χ0) is 37.5. The maximum absolute atomic E-state index is 16.0. The molecule has 0 unspecified atom stereocenters. The average molecular weight is 741 g/mol. The Balaban J connectivity index is 1.42. The highest BCUT2D eigenvalue weighted by atomic mass is 19.3. The molecular weight excluding hydrogens is 705 g/mol. The van der Waals surface area contributed by atoms with Crippen molar-refractivity contribution in [2.24, 2.45) is 23.7 Å². The first-order valence-electron chi connectivity index (χ1n) is 17.4. The fourth-order valence-corrected chi connectivity index (χ4v) is 8.09. The summed E-state index contributed by atoms with van der Waals surface area (Å²) >= 11 is 0. The van der Waals surface area contributed by atoms with Crippen LogP contribution in [0.5, 0.6) is 5.75 Å². The minimum atomic E-state index is -3.84. The lowest BCUT2D eigenvalue weighted by Gasteiger charge is -2.39. The molecule has 1 nitrogen and oxygen atoms in total. The van der Waals surface area contributed by atoms with Crippen molar-refractivity contribution >= 4 is 0 Å². The molecule has 12 heteroatoms. The van der Waals surface area contributed by atoms with E-state index in [0.717, 1.165) is 44.2 Å². The summed E-state index contributed by atoms with van der Waals surface area (Å²) in [5, 5.41) is 0. The summed E-state index contributed by atoms with van der Waals surface area (Å²) in [6.07, 6.45) is 4.18. The fraction of sp³-hybridized carbons (Fsp3) is 0.400. The van der Waals surface area contributed by atoms with Gasteiger partial charge >= 0.3 is 6.11 Å². The Hall–Kier alpha value is -4.09. The first kappa shape index (κ1) is 37.7. The van der Waals surface area contributed by atoms with Crippen molar-refractivity contribution in [1.82, 2.24) is 0 Å². The third kappa shape index (κ3) is 7.67. The molecule has 4 aromatic rings. The molecule has 0 bridgehead atoms. The van der Waals surface area contributed by atoms with E-state index in [1.165, 1.54) is 6.42 Å². The quantitative estimate of drug-likeness (QED) is 0.123. The van der Waals surface area contributed by atoms with Gasteiger partial charge in [-0.25, -0.2) is 39.5 Å². The van der Waals surface area contributed by atoms with Crippen molar-refractivity contribution in [2.45, 2.75) is 77.2 Å². The molecule has 2 aliphatic carbocycles. The molecular formula is C40H35F11O. The lowest BCUT2D eigenvalue weighted by molar-refractivity contribution is -0.224. The smallest absolute Gasteiger partial charge is 0.400 e. The van der Waals surface area contributed by atoms with Crippen molar-refractivity contribution in [3.63, 3.8) is 0 Å². The van der Waals surface area contributed by atoms with Crippen LogP contribution >= 0.6 is 0 Å². The van der Waals surface area contributed by atoms with Gasteiger partial charge in [-0.05, 0) is 138 Å². The first-order chi connectivity index (χ1) is 24.7. The van der Waals surface area contributed by atoms with Gasteiger partial charge in [-0.3, -0.25) is 0 Å². The lowest BCUT2D eigenvalue weighted by atomic mass is 9.68. The van der Waals surface area contributed by atoms with Gasteiger partial charge in [0.25, 0.3) is 0 Å². The Morgan fingerprint density at radius 2 is 0.885 bits per heavy atom. The number of rotatable bonds is 9. The highest BCUT2D eigenvalue weighted by Gasteiger charge is 2.45.